The Morgan fingerprint density at radius 2 is 1.75 bits per heavy atom. The Bertz CT molecular complexity index is 350. The molecule has 3 atom stereocenters. The van der Waals surface area contributed by atoms with Gasteiger partial charge in [-0.2, -0.15) is 0 Å². The monoisotopic (exact) mass is 276 g/mol. The van der Waals surface area contributed by atoms with Crippen molar-refractivity contribution in [2.45, 2.75) is 52.6 Å². The number of hydrogen-bond acceptors (Lipinski definition) is 2. The van der Waals surface area contributed by atoms with E-state index in [-0.39, 0.29) is 0 Å². The van der Waals surface area contributed by atoms with E-state index in [9.17, 15) is 0 Å². The van der Waals surface area contributed by atoms with Crippen LogP contribution in [0.3, 0.4) is 0 Å². The van der Waals surface area contributed by atoms with Crippen LogP contribution >= 0.6 is 0 Å². The van der Waals surface area contributed by atoms with Gasteiger partial charge in [0.1, 0.15) is 0 Å². The molecule has 0 aliphatic heterocycles. The first kappa shape index (κ1) is 17.2. The summed E-state index contributed by atoms with van der Waals surface area (Å²) in [5.41, 5.74) is 1.39. The van der Waals surface area contributed by atoms with Crippen molar-refractivity contribution in [1.29, 1.82) is 0 Å². The average Bonchev–Trinajstić information content (AvgIpc) is 2.48. The number of benzene rings is 1. The number of rotatable bonds is 9. The molecule has 0 fully saturated rings. The number of likely N-dealkylation sites (N-methyl/N-ethyl adjacent to an activating group) is 1. The van der Waals surface area contributed by atoms with Crippen molar-refractivity contribution >= 4 is 0 Å². The summed E-state index contributed by atoms with van der Waals surface area (Å²) in [4.78, 5) is 2.49. The summed E-state index contributed by atoms with van der Waals surface area (Å²) in [5, 5.41) is 3.72. The minimum atomic E-state index is 0.408. The van der Waals surface area contributed by atoms with Crippen LogP contribution in [0.1, 0.15) is 52.1 Å². The van der Waals surface area contributed by atoms with Crippen molar-refractivity contribution in [2.75, 3.05) is 20.1 Å². The van der Waals surface area contributed by atoms with Crippen LogP contribution in [0, 0.1) is 5.92 Å². The van der Waals surface area contributed by atoms with Crippen LogP contribution in [0.25, 0.3) is 0 Å². The van der Waals surface area contributed by atoms with Gasteiger partial charge in [-0.15, -0.1) is 0 Å². The standard InChI is InChI=1S/C18H32N2/c1-6-13-19-18(17-11-9-8-10-12-17)16(4)20(5)14-15(3)7-2/h8-12,15-16,18-19H,6-7,13-14H2,1-5H3. The Morgan fingerprint density at radius 1 is 1.10 bits per heavy atom. The van der Waals surface area contributed by atoms with E-state index in [2.05, 4.69) is 75.3 Å². The highest BCUT2D eigenvalue weighted by Crippen LogP contribution is 2.21. The van der Waals surface area contributed by atoms with E-state index in [4.69, 9.17) is 0 Å². The van der Waals surface area contributed by atoms with E-state index in [1.807, 2.05) is 0 Å². The first-order chi connectivity index (χ1) is 9.60. The minimum absolute atomic E-state index is 0.408. The second-order valence-electron chi connectivity index (χ2n) is 6.04. The van der Waals surface area contributed by atoms with Crippen molar-refractivity contribution in [3.8, 4) is 0 Å². The molecule has 2 heteroatoms. The van der Waals surface area contributed by atoms with E-state index < -0.39 is 0 Å². The molecule has 0 saturated heterocycles. The zero-order valence-electron chi connectivity index (χ0n) is 13.9. The van der Waals surface area contributed by atoms with Crippen molar-refractivity contribution in [3.63, 3.8) is 0 Å². The van der Waals surface area contributed by atoms with Crippen molar-refractivity contribution in [2.24, 2.45) is 5.92 Å². The fourth-order valence-electron chi connectivity index (χ4n) is 2.57. The zero-order valence-corrected chi connectivity index (χ0v) is 13.9. The molecule has 1 aromatic carbocycles. The highest BCUT2D eigenvalue weighted by molar-refractivity contribution is 5.20. The third-order valence-corrected chi connectivity index (χ3v) is 4.25. The maximum Gasteiger partial charge on any atom is 0.0475 e. The Hall–Kier alpha value is -0.860. The molecule has 0 heterocycles. The summed E-state index contributed by atoms with van der Waals surface area (Å²) in [6.45, 7) is 11.4. The lowest BCUT2D eigenvalue weighted by Gasteiger charge is -2.34. The van der Waals surface area contributed by atoms with Gasteiger partial charge in [-0.25, -0.2) is 0 Å². The van der Waals surface area contributed by atoms with Crippen LogP contribution in [0.2, 0.25) is 0 Å². The highest BCUT2D eigenvalue weighted by atomic mass is 15.2. The molecule has 1 aromatic rings. The van der Waals surface area contributed by atoms with E-state index in [1.54, 1.807) is 0 Å². The molecule has 0 spiro atoms. The Morgan fingerprint density at radius 3 is 2.30 bits per heavy atom. The number of nitrogens with one attached hydrogen (secondary N) is 1. The lowest BCUT2D eigenvalue weighted by atomic mass is 9.98. The lowest BCUT2D eigenvalue weighted by Crippen LogP contribution is -2.42. The van der Waals surface area contributed by atoms with Gasteiger partial charge in [0.05, 0.1) is 0 Å². The molecular formula is C18H32N2. The van der Waals surface area contributed by atoms with Gasteiger partial charge in [-0.1, -0.05) is 57.5 Å². The molecular weight excluding hydrogens is 244 g/mol. The molecule has 20 heavy (non-hydrogen) atoms. The maximum absolute atomic E-state index is 3.72. The summed E-state index contributed by atoms with van der Waals surface area (Å²) < 4.78 is 0. The molecule has 0 saturated carbocycles. The van der Waals surface area contributed by atoms with Gasteiger partial charge in [0.25, 0.3) is 0 Å². The fourth-order valence-corrected chi connectivity index (χ4v) is 2.57. The van der Waals surface area contributed by atoms with Crippen LogP contribution in [-0.2, 0) is 0 Å². The van der Waals surface area contributed by atoms with Gasteiger partial charge in [-0.3, -0.25) is 0 Å². The Balaban J connectivity index is 2.76. The summed E-state index contributed by atoms with van der Waals surface area (Å²) in [5.74, 6) is 0.755. The Kier molecular flexibility index (Phi) is 7.86. The summed E-state index contributed by atoms with van der Waals surface area (Å²) in [7, 11) is 2.25. The molecule has 1 N–H and O–H groups in total. The van der Waals surface area contributed by atoms with Gasteiger partial charge in [0.2, 0.25) is 0 Å². The molecule has 0 bridgehead atoms. The molecule has 0 amide bonds. The molecule has 114 valence electrons. The van der Waals surface area contributed by atoms with E-state index in [0.717, 1.165) is 19.0 Å². The largest absolute Gasteiger partial charge is 0.309 e. The number of hydrogen-bond donors (Lipinski definition) is 1. The van der Waals surface area contributed by atoms with Gasteiger partial charge >= 0.3 is 0 Å². The van der Waals surface area contributed by atoms with Gasteiger partial charge in [-0.05, 0) is 38.4 Å². The quantitative estimate of drug-likeness (QED) is 0.730. The van der Waals surface area contributed by atoms with Crippen molar-refractivity contribution in [1.82, 2.24) is 10.2 Å². The summed E-state index contributed by atoms with van der Waals surface area (Å²) >= 11 is 0. The van der Waals surface area contributed by atoms with E-state index >= 15 is 0 Å². The highest BCUT2D eigenvalue weighted by Gasteiger charge is 2.22. The zero-order chi connectivity index (χ0) is 15.0. The first-order valence-corrected chi connectivity index (χ1v) is 8.08. The SMILES string of the molecule is CCCNC(c1ccccc1)C(C)N(C)CC(C)CC. The normalized spacial score (nSPS) is 16.1. The Labute approximate surface area is 125 Å². The molecule has 0 radical (unpaired) electrons. The van der Waals surface area contributed by atoms with Crippen LogP contribution < -0.4 is 5.32 Å². The number of nitrogens with zero attached hydrogens (tertiary/aromatic N) is 1. The third kappa shape index (κ3) is 5.26. The molecule has 2 nitrogen and oxygen atoms in total. The third-order valence-electron chi connectivity index (χ3n) is 4.25. The second-order valence-corrected chi connectivity index (χ2v) is 6.04. The lowest BCUT2D eigenvalue weighted by molar-refractivity contribution is 0.181. The smallest absolute Gasteiger partial charge is 0.0475 e. The molecule has 0 aliphatic rings. The van der Waals surface area contributed by atoms with Crippen LogP contribution in [0.15, 0.2) is 30.3 Å². The topological polar surface area (TPSA) is 15.3 Å². The van der Waals surface area contributed by atoms with E-state index in [0.29, 0.717) is 12.1 Å². The molecule has 0 aromatic heterocycles. The minimum Gasteiger partial charge on any atom is -0.309 e. The maximum atomic E-state index is 3.72. The summed E-state index contributed by atoms with van der Waals surface area (Å²) in [6, 6.07) is 11.7. The average molecular weight is 276 g/mol. The second kappa shape index (κ2) is 9.15. The fraction of sp³-hybridized carbons (Fsp3) is 0.667. The molecule has 3 unspecified atom stereocenters. The van der Waals surface area contributed by atoms with Gasteiger partial charge in [0.15, 0.2) is 0 Å². The van der Waals surface area contributed by atoms with Crippen LogP contribution in [-0.4, -0.2) is 31.1 Å². The first-order valence-electron chi connectivity index (χ1n) is 8.08. The van der Waals surface area contributed by atoms with E-state index in [1.165, 1.54) is 18.4 Å². The van der Waals surface area contributed by atoms with Crippen molar-refractivity contribution in [3.05, 3.63) is 35.9 Å². The predicted molar refractivity (Wildman–Crippen MR) is 89.0 cm³/mol. The summed E-state index contributed by atoms with van der Waals surface area (Å²) in [6.07, 6.45) is 2.42. The van der Waals surface area contributed by atoms with Crippen LogP contribution in [0.5, 0.6) is 0 Å². The van der Waals surface area contributed by atoms with Crippen LogP contribution in [0.4, 0.5) is 0 Å². The molecule has 0 aliphatic carbocycles. The predicted octanol–water partition coefficient (Wildman–Crippen LogP) is 4.09. The van der Waals surface area contributed by atoms with Gasteiger partial charge < -0.3 is 10.2 Å². The van der Waals surface area contributed by atoms with Gasteiger partial charge in [0, 0.05) is 18.6 Å². The molecule has 1 rings (SSSR count). The van der Waals surface area contributed by atoms with Crippen molar-refractivity contribution < 1.29 is 0 Å².